The van der Waals surface area contributed by atoms with Crippen molar-refractivity contribution in [2.45, 2.75) is 0 Å². The first kappa shape index (κ1) is 14.3. The van der Waals surface area contributed by atoms with Crippen molar-refractivity contribution in [1.29, 1.82) is 0 Å². The van der Waals surface area contributed by atoms with Gasteiger partial charge in [-0.1, -0.05) is 24.3 Å². The third-order valence-corrected chi connectivity index (χ3v) is 3.82. The zero-order valence-electron chi connectivity index (χ0n) is 11.3. The number of hydrogen-bond acceptors (Lipinski definition) is 3. The third kappa shape index (κ3) is 2.71. The summed E-state index contributed by atoms with van der Waals surface area (Å²) in [5.41, 5.74) is 6.25. The molecule has 3 aromatic rings. The fraction of sp³-hybridized carbons (Fsp3) is 0. The van der Waals surface area contributed by atoms with Gasteiger partial charge in [-0.2, -0.15) is 5.10 Å². The molecule has 1 aromatic heterocycles. The van der Waals surface area contributed by atoms with E-state index in [0.717, 1.165) is 5.39 Å². The minimum Gasteiger partial charge on any atom is -0.277 e. The third-order valence-electron chi connectivity index (χ3n) is 3.13. The first-order valence-electron chi connectivity index (χ1n) is 6.44. The number of nitrogens with one attached hydrogen (secondary N) is 3. The molecule has 1 heterocycles. The summed E-state index contributed by atoms with van der Waals surface area (Å²) in [5, 5.41) is 7.49. The number of hydrogen-bond donors (Lipinski definition) is 3. The minimum atomic E-state index is -0.421. The number of benzene rings is 2. The van der Waals surface area contributed by atoms with Crippen LogP contribution in [0.4, 0.5) is 0 Å². The summed E-state index contributed by atoms with van der Waals surface area (Å²) in [5.74, 6) is -0.826. The van der Waals surface area contributed by atoms with Crippen LogP contribution < -0.4 is 10.9 Å². The standard InChI is InChI=1S/C15H11BrN4O2/c16-12-7-2-1-5-10(12)14(21)19-20-15(22)11-6-3-4-9-8-17-18-13(9)11/h1-8H,(H,17,18)(H,19,21)(H,20,22). The Morgan fingerprint density at radius 1 is 0.955 bits per heavy atom. The van der Waals surface area contributed by atoms with Crippen molar-refractivity contribution >= 4 is 38.6 Å². The predicted octanol–water partition coefficient (Wildman–Crippen LogP) is 2.40. The highest BCUT2D eigenvalue weighted by atomic mass is 79.9. The predicted molar refractivity (Wildman–Crippen MR) is 85.2 cm³/mol. The molecule has 0 aliphatic heterocycles. The molecule has 2 aromatic carbocycles. The number of H-pyrrole nitrogens is 1. The molecule has 7 heteroatoms. The maximum atomic E-state index is 12.2. The van der Waals surface area contributed by atoms with E-state index in [1.807, 2.05) is 6.07 Å². The number of hydrazine groups is 1. The maximum Gasteiger partial charge on any atom is 0.271 e. The van der Waals surface area contributed by atoms with E-state index >= 15 is 0 Å². The number of aromatic nitrogens is 2. The van der Waals surface area contributed by atoms with Crippen LogP contribution in [0.15, 0.2) is 53.1 Å². The molecule has 0 radical (unpaired) electrons. The number of amides is 2. The lowest BCUT2D eigenvalue weighted by atomic mass is 10.1. The summed E-state index contributed by atoms with van der Waals surface area (Å²) in [6, 6.07) is 12.2. The van der Waals surface area contributed by atoms with Crippen LogP contribution in [-0.4, -0.2) is 22.0 Å². The van der Waals surface area contributed by atoms with Crippen molar-refractivity contribution in [3.8, 4) is 0 Å². The monoisotopic (exact) mass is 358 g/mol. The van der Waals surface area contributed by atoms with Gasteiger partial charge < -0.3 is 0 Å². The lowest BCUT2D eigenvalue weighted by Crippen LogP contribution is -2.41. The van der Waals surface area contributed by atoms with Gasteiger partial charge in [-0.25, -0.2) is 0 Å². The molecule has 0 fully saturated rings. The molecule has 0 saturated heterocycles. The first-order valence-corrected chi connectivity index (χ1v) is 7.23. The van der Waals surface area contributed by atoms with E-state index in [1.165, 1.54) is 0 Å². The number of halogens is 1. The second kappa shape index (κ2) is 5.98. The van der Waals surface area contributed by atoms with Gasteiger partial charge in [-0.05, 0) is 34.1 Å². The van der Waals surface area contributed by atoms with Crippen molar-refractivity contribution in [1.82, 2.24) is 21.0 Å². The first-order chi connectivity index (χ1) is 10.7. The summed E-state index contributed by atoms with van der Waals surface area (Å²) in [7, 11) is 0. The van der Waals surface area contributed by atoms with Crippen molar-refractivity contribution in [3.05, 3.63) is 64.3 Å². The normalized spacial score (nSPS) is 10.4. The Hall–Kier alpha value is -2.67. The molecule has 110 valence electrons. The highest BCUT2D eigenvalue weighted by Gasteiger charge is 2.13. The Bertz CT molecular complexity index is 859. The molecule has 0 atom stereocenters. The second-order valence-corrected chi connectivity index (χ2v) is 5.38. The summed E-state index contributed by atoms with van der Waals surface area (Å²) < 4.78 is 0.650. The Kier molecular flexibility index (Phi) is 3.88. The van der Waals surface area contributed by atoms with Crippen LogP contribution in [0.3, 0.4) is 0 Å². The van der Waals surface area contributed by atoms with Crippen molar-refractivity contribution < 1.29 is 9.59 Å². The van der Waals surface area contributed by atoms with Gasteiger partial charge in [-0.3, -0.25) is 25.5 Å². The van der Waals surface area contributed by atoms with Crippen LogP contribution in [0.25, 0.3) is 10.9 Å². The van der Waals surface area contributed by atoms with Crippen LogP contribution >= 0.6 is 15.9 Å². The molecule has 0 aliphatic rings. The average molecular weight is 359 g/mol. The fourth-order valence-electron chi connectivity index (χ4n) is 2.05. The molecular weight excluding hydrogens is 348 g/mol. The largest absolute Gasteiger partial charge is 0.277 e. The Balaban J connectivity index is 1.74. The smallest absolute Gasteiger partial charge is 0.271 e. The number of carbonyl (C=O) groups excluding carboxylic acids is 2. The van der Waals surface area contributed by atoms with E-state index in [2.05, 4.69) is 37.0 Å². The number of nitrogens with zero attached hydrogens (tertiary/aromatic N) is 1. The molecule has 2 amide bonds. The topological polar surface area (TPSA) is 86.9 Å². The number of fused-ring (bicyclic) bond motifs is 1. The lowest BCUT2D eigenvalue weighted by Gasteiger charge is -2.09. The van der Waals surface area contributed by atoms with E-state index in [4.69, 9.17) is 0 Å². The molecule has 0 aliphatic carbocycles. The molecule has 0 unspecified atom stereocenters. The van der Waals surface area contributed by atoms with E-state index in [1.54, 1.807) is 42.6 Å². The van der Waals surface area contributed by atoms with Gasteiger partial charge >= 0.3 is 0 Å². The molecule has 0 bridgehead atoms. The van der Waals surface area contributed by atoms with E-state index < -0.39 is 11.8 Å². The van der Waals surface area contributed by atoms with Crippen LogP contribution in [-0.2, 0) is 0 Å². The Labute approximate surface area is 134 Å². The lowest BCUT2D eigenvalue weighted by molar-refractivity contribution is 0.0847. The summed E-state index contributed by atoms with van der Waals surface area (Å²) >= 11 is 3.29. The number of carbonyl (C=O) groups is 2. The Morgan fingerprint density at radius 3 is 2.41 bits per heavy atom. The van der Waals surface area contributed by atoms with E-state index in [-0.39, 0.29) is 0 Å². The van der Waals surface area contributed by atoms with Gasteiger partial charge in [0.1, 0.15) is 0 Å². The van der Waals surface area contributed by atoms with Gasteiger partial charge in [0, 0.05) is 9.86 Å². The molecule has 6 nitrogen and oxygen atoms in total. The molecule has 3 rings (SSSR count). The number of rotatable bonds is 2. The molecule has 0 spiro atoms. The highest BCUT2D eigenvalue weighted by Crippen LogP contribution is 2.16. The zero-order chi connectivity index (χ0) is 15.5. The Morgan fingerprint density at radius 2 is 1.64 bits per heavy atom. The number of aromatic amines is 1. The van der Waals surface area contributed by atoms with Crippen LogP contribution in [0.2, 0.25) is 0 Å². The quantitative estimate of drug-likeness (QED) is 0.614. The van der Waals surface area contributed by atoms with E-state index in [0.29, 0.717) is 21.1 Å². The van der Waals surface area contributed by atoms with Crippen molar-refractivity contribution in [2.75, 3.05) is 0 Å². The second-order valence-electron chi connectivity index (χ2n) is 4.53. The summed E-state index contributed by atoms with van der Waals surface area (Å²) in [4.78, 5) is 24.2. The van der Waals surface area contributed by atoms with Crippen LogP contribution in [0.5, 0.6) is 0 Å². The summed E-state index contributed by atoms with van der Waals surface area (Å²) in [6.45, 7) is 0. The van der Waals surface area contributed by atoms with Gasteiger partial charge in [0.05, 0.1) is 22.8 Å². The van der Waals surface area contributed by atoms with Gasteiger partial charge in [-0.15, -0.1) is 0 Å². The van der Waals surface area contributed by atoms with Gasteiger partial charge in [0.2, 0.25) is 0 Å². The molecule has 0 saturated carbocycles. The van der Waals surface area contributed by atoms with Crippen LogP contribution in [0.1, 0.15) is 20.7 Å². The fourth-order valence-corrected chi connectivity index (χ4v) is 2.52. The molecule has 22 heavy (non-hydrogen) atoms. The van der Waals surface area contributed by atoms with Gasteiger partial charge in [0.25, 0.3) is 11.8 Å². The van der Waals surface area contributed by atoms with Crippen molar-refractivity contribution in [3.63, 3.8) is 0 Å². The summed E-state index contributed by atoms with van der Waals surface area (Å²) in [6.07, 6.45) is 1.63. The average Bonchev–Trinajstić information content (AvgIpc) is 3.01. The highest BCUT2D eigenvalue weighted by molar-refractivity contribution is 9.10. The minimum absolute atomic E-state index is 0.405. The molecule has 3 N–H and O–H groups in total. The number of para-hydroxylation sites is 1. The van der Waals surface area contributed by atoms with Crippen LogP contribution in [0, 0.1) is 0 Å². The van der Waals surface area contributed by atoms with Gasteiger partial charge in [0.15, 0.2) is 0 Å². The SMILES string of the molecule is O=C(NNC(=O)c1cccc2cn[nH]c12)c1ccccc1Br. The van der Waals surface area contributed by atoms with Crippen molar-refractivity contribution in [2.24, 2.45) is 0 Å². The zero-order valence-corrected chi connectivity index (χ0v) is 12.8. The maximum absolute atomic E-state index is 12.2. The molecular formula is C15H11BrN4O2. The van der Waals surface area contributed by atoms with E-state index in [9.17, 15) is 9.59 Å².